The molecule has 0 N–H and O–H groups in total. The molecular formula is C26H32N4O3. The van der Waals surface area contributed by atoms with Gasteiger partial charge in [0.2, 0.25) is 17.2 Å². The van der Waals surface area contributed by atoms with Gasteiger partial charge >= 0.3 is 0 Å². The maximum atomic E-state index is 13.6. The zero-order valence-electron chi connectivity index (χ0n) is 19.1. The average Bonchev–Trinajstić information content (AvgIpc) is 2.82. The molecular weight excluding hydrogens is 416 g/mol. The Morgan fingerprint density at radius 1 is 0.909 bits per heavy atom. The first-order chi connectivity index (χ1) is 16.0. The summed E-state index contributed by atoms with van der Waals surface area (Å²) in [5, 5.41) is 4.85. The number of para-hydroxylation sites is 1. The fourth-order valence-electron chi connectivity index (χ4n) is 7.57. The summed E-state index contributed by atoms with van der Waals surface area (Å²) in [6, 6.07) is 7.37. The number of nitrogens with zero attached hydrogens (tertiary/aromatic N) is 4. The van der Waals surface area contributed by atoms with Crippen LogP contribution in [0, 0.1) is 23.2 Å². The highest BCUT2D eigenvalue weighted by Gasteiger charge is 2.55. The molecule has 7 heteroatoms. The van der Waals surface area contributed by atoms with Crippen LogP contribution in [0.4, 0.5) is 0 Å². The Bertz CT molecular complexity index is 1110. The number of hydrogen-bond acceptors (Lipinski definition) is 4. The number of rotatable bonds is 4. The molecule has 2 amide bonds. The van der Waals surface area contributed by atoms with Crippen molar-refractivity contribution in [1.82, 2.24) is 19.6 Å². The molecule has 1 saturated heterocycles. The van der Waals surface area contributed by atoms with E-state index in [-0.39, 0.29) is 16.8 Å². The van der Waals surface area contributed by atoms with Crippen molar-refractivity contribution in [2.75, 3.05) is 26.2 Å². The summed E-state index contributed by atoms with van der Waals surface area (Å²) in [5.41, 5.74) is 0.551. The largest absolute Gasteiger partial charge is 0.339 e. The molecule has 5 fully saturated rings. The Labute approximate surface area is 193 Å². The minimum atomic E-state index is -0.104. The molecule has 2 aromatic rings. The first-order valence-electron chi connectivity index (χ1n) is 12.5. The smallest absolute Gasteiger partial charge is 0.228 e. The van der Waals surface area contributed by atoms with Crippen LogP contribution in [0.2, 0.25) is 0 Å². The number of carbonyl (C=O) groups is 2. The topological polar surface area (TPSA) is 75.5 Å². The molecule has 1 aromatic carbocycles. The van der Waals surface area contributed by atoms with Crippen LogP contribution in [0.3, 0.4) is 0 Å². The van der Waals surface area contributed by atoms with Crippen LogP contribution < -0.4 is 5.43 Å². The molecule has 33 heavy (non-hydrogen) atoms. The molecule has 0 radical (unpaired) electrons. The van der Waals surface area contributed by atoms with Crippen molar-refractivity contribution in [2.45, 2.75) is 51.5 Å². The molecule has 7 nitrogen and oxygen atoms in total. The van der Waals surface area contributed by atoms with Crippen LogP contribution in [0.1, 0.15) is 44.9 Å². The lowest BCUT2D eigenvalue weighted by molar-refractivity contribution is -0.160. The monoisotopic (exact) mass is 448 g/mol. The van der Waals surface area contributed by atoms with Crippen LogP contribution in [-0.4, -0.2) is 57.6 Å². The Morgan fingerprint density at radius 2 is 1.52 bits per heavy atom. The van der Waals surface area contributed by atoms with E-state index in [1.165, 1.54) is 25.5 Å². The predicted octanol–water partition coefficient (Wildman–Crippen LogP) is 2.67. The number of aromatic nitrogens is 2. The van der Waals surface area contributed by atoms with Gasteiger partial charge in [0.05, 0.1) is 23.7 Å². The second-order valence-corrected chi connectivity index (χ2v) is 10.9. The summed E-state index contributed by atoms with van der Waals surface area (Å²) in [6.07, 6.45) is 8.97. The molecule has 174 valence electrons. The molecule has 4 aliphatic carbocycles. The van der Waals surface area contributed by atoms with Crippen molar-refractivity contribution in [2.24, 2.45) is 23.2 Å². The van der Waals surface area contributed by atoms with E-state index >= 15 is 0 Å². The number of piperazine rings is 1. The van der Waals surface area contributed by atoms with Crippen molar-refractivity contribution in [3.63, 3.8) is 0 Å². The van der Waals surface area contributed by atoms with E-state index in [4.69, 9.17) is 0 Å². The summed E-state index contributed by atoms with van der Waals surface area (Å²) in [7, 11) is 0. The van der Waals surface area contributed by atoms with Gasteiger partial charge in [-0.3, -0.25) is 19.1 Å². The maximum Gasteiger partial charge on any atom is 0.228 e. The second kappa shape index (κ2) is 7.96. The summed E-state index contributed by atoms with van der Waals surface area (Å²) in [6.45, 7) is 2.94. The van der Waals surface area contributed by atoms with Gasteiger partial charge in [-0.05, 0) is 68.4 Å². The van der Waals surface area contributed by atoms with E-state index in [1.54, 1.807) is 10.7 Å². The Morgan fingerprint density at radius 3 is 2.18 bits per heavy atom. The summed E-state index contributed by atoms with van der Waals surface area (Å²) in [5.74, 6) is 2.75. The van der Waals surface area contributed by atoms with Crippen LogP contribution in [-0.2, 0) is 16.1 Å². The zero-order valence-corrected chi connectivity index (χ0v) is 19.1. The lowest BCUT2D eigenvalue weighted by Gasteiger charge is -2.57. The summed E-state index contributed by atoms with van der Waals surface area (Å²) in [4.78, 5) is 42.4. The molecule has 1 aliphatic heterocycles. The first kappa shape index (κ1) is 20.9. The third kappa shape index (κ3) is 3.65. The maximum absolute atomic E-state index is 13.6. The van der Waals surface area contributed by atoms with Crippen LogP contribution in [0.25, 0.3) is 10.9 Å². The number of carbonyl (C=O) groups excluding carboxylic acids is 2. The third-order valence-electron chi connectivity index (χ3n) is 8.71. The lowest BCUT2D eigenvalue weighted by atomic mass is 9.49. The number of amides is 2. The van der Waals surface area contributed by atoms with Crippen LogP contribution in [0.5, 0.6) is 0 Å². The fraction of sp³-hybridized carbons (Fsp3) is 0.615. The molecule has 0 spiro atoms. The molecule has 7 rings (SSSR count). The highest BCUT2D eigenvalue weighted by Crippen LogP contribution is 2.60. The Balaban J connectivity index is 1.06. The van der Waals surface area contributed by atoms with E-state index in [0.717, 1.165) is 42.5 Å². The molecule has 4 bridgehead atoms. The lowest BCUT2D eigenvalue weighted by Crippen LogP contribution is -2.58. The normalized spacial score (nSPS) is 30.7. The highest BCUT2D eigenvalue weighted by atomic mass is 16.2. The van der Waals surface area contributed by atoms with E-state index < -0.39 is 0 Å². The van der Waals surface area contributed by atoms with Gasteiger partial charge in [0.15, 0.2) is 0 Å². The van der Waals surface area contributed by atoms with E-state index in [1.807, 2.05) is 28.0 Å². The van der Waals surface area contributed by atoms with E-state index in [2.05, 4.69) is 5.10 Å². The number of aryl methyl sites for hydroxylation is 1. The quantitative estimate of drug-likeness (QED) is 0.721. The Hall–Kier alpha value is -2.70. The average molecular weight is 449 g/mol. The zero-order chi connectivity index (χ0) is 22.6. The standard InChI is InChI=1S/C26H32N4O3/c31-23-17-27-30(22-4-2-1-3-21(22)23)6-5-24(32)28-7-9-29(10-8-28)25(33)26-14-18-11-19(15-26)13-20(12-18)16-26/h1-4,17-20H,5-16H2. The van der Waals surface area contributed by atoms with Crippen molar-refractivity contribution in [3.8, 4) is 0 Å². The van der Waals surface area contributed by atoms with Gasteiger partial charge in [0, 0.05) is 38.0 Å². The van der Waals surface area contributed by atoms with Gasteiger partial charge in [-0.15, -0.1) is 0 Å². The molecule has 0 unspecified atom stereocenters. The van der Waals surface area contributed by atoms with Gasteiger partial charge in [-0.25, -0.2) is 0 Å². The van der Waals surface area contributed by atoms with Gasteiger partial charge < -0.3 is 9.80 Å². The van der Waals surface area contributed by atoms with Crippen LogP contribution >= 0.6 is 0 Å². The molecule has 2 heterocycles. The molecule has 5 aliphatic rings. The minimum Gasteiger partial charge on any atom is -0.339 e. The molecule has 1 aromatic heterocycles. The van der Waals surface area contributed by atoms with Gasteiger partial charge in [-0.2, -0.15) is 5.10 Å². The molecule has 4 saturated carbocycles. The predicted molar refractivity (Wildman–Crippen MR) is 124 cm³/mol. The second-order valence-electron chi connectivity index (χ2n) is 10.9. The number of benzene rings is 1. The minimum absolute atomic E-state index is 0.0847. The highest BCUT2D eigenvalue weighted by molar-refractivity contribution is 5.84. The van der Waals surface area contributed by atoms with E-state index in [9.17, 15) is 14.4 Å². The van der Waals surface area contributed by atoms with Crippen molar-refractivity contribution in [1.29, 1.82) is 0 Å². The van der Waals surface area contributed by atoms with Crippen molar-refractivity contribution in [3.05, 3.63) is 40.7 Å². The third-order valence-corrected chi connectivity index (χ3v) is 8.71. The SMILES string of the molecule is O=C(CCn1ncc(=O)c2ccccc21)N1CCN(C(=O)C23CC4CC(CC(C4)C2)C3)CC1. The van der Waals surface area contributed by atoms with Gasteiger partial charge in [-0.1, -0.05) is 12.1 Å². The van der Waals surface area contributed by atoms with E-state index in [0.29, 0.717) is 50.4 Å². The van der Waals surface area contributed by atoms with Crippen LogP contribution in [0.15, 0.2) is 35.3 Å². The first-order valence-corrected chi connectivity index (χ1v) is 12.5. The summed E-state index contributed by atoms with van der Waals surface area (Å²) < 4.78 is 1.74. The van der Waals surface area contributed by atoms with Crippen molar-refractivity contribution >= 4 is 22.7 Å². The van der Waals surface area contributed by atoms with Gasteiger partial charge in [0.25, 0.3) is 0 Å². The number of hydrogen-bond donors (Lipinski definition) is 0. The molecule has 0 atom stereocenters. The fourth-order valence-corrected chi connectivity index (χ4v) is 7.57. The summed E-state index contributed by atoms with van der Waals surface area (Å²) >= 11 is 0. The number of fused-ring (bicyclic) bond motifs is 1. The Kier molecular flexibility index (Phi) is 5.03. The van der Waals surface area contributed by atoms with Crippen molar-refractivity contribution < 1.29 is 9.59 Å². The van der Waals surface area contributed by atoms with Gasteiger partial charge in [0.1, 0.15) is 0 Å².